The van der Waals surface area contributed by atoms with E-state index in [1.807, 2.05) is 0 Å². The molecule has 0 saturated heterocycles. The van der Waals surface area contributed by atoms with Crippen molar-refractivity contribution >= 4 is 11.6 Å². The van der Waals surface area contributed by atoms with Crippen molar-refractivity contribution < 1.29 is 9.18 Å². The number of rotatable bonds is 4. The SMILES string of the molecule is C#Cc1cccc(NC(=O)CCc2ccc(F)cc2)c1. The summed E-state index contributed by atoms with van der Waals surface area (Å²) in [4.78, 5) is 11.8. The summed E-state index contributed by atoms with van der Waals surface area (Å²) < 4.78 is 12.7. The van der Waals surface area contributed by atoms with Crippen LogP contribution < -0.4 is 5.32 Å². The molecule has 0 radical (unpaired) electrons. The van der Waals surface area contributed by atoms with Crippen LogP contribution >= 0.6 is 0 Å². The second-order valence-electron chi connectivity index (χ2n) is 4.40. The second-order valence-corrected chi connectivity index (χ2v) is 4.40. The van der Waals surface area contributed by atoms with Crippen LogP contribution in [0.25, 0.3) is 0 Å². The molecule has 3 heteroatoms. The molecule has 0 bridgehead atoms. The van der Waals surface area contributed by atoms with Crippen LogP contribution in [-0.2, 0) is 11.2 Å². The quantitative estimate of drug-likeness (QED) is 0.845. The van der Waals surface area contributed by atoms with Crippen molar-refractivity contribution in [3.63, 3.8) is 0 Å². The Bertz CT molecular complexity index is 641. The summed E-state index contributed by atoms with van der Waals surface area (Å²) in [5.41, 5.74) is 2.34. The Morgan fingerprint density at radius 3 is 2.65 bits per heavy atom. The zero-order valence-electron chi connectivity index (χ0n) is 10.9. The highest BCUT2D eigenvalue weighted by Crippen LogP contribution is 2.11. The molecule has 2 rings (SSSR count). The summed E-state index contributed by atoms with van der Waals surface area (Å²) in [5.74, 6) is 2.15. The Kier molecular flexibility index (Phi) is 4.52. The highest BCUT2D eigenvalue weighted by molar-refractivity contribution is 5.91. The molecule has 100 valence electrons. The van der Waals surface area contributed by atoms with E-state index in [-0.39, 0.29) is 11.7 Å². The highest BCUT2D eigenvalue weighted by atomic mass is 19.1. The van der Waals surface area contributed by atoms with Crippen LogP contribution in [0.3, 0.4) is 0 Å². The molecule has 2 nitrogen and oxygen atoms in total. The standard InChI is InChI=1S/C17H14FNO/c1-2-13-4-3-5-16(12-13)19-17(20)11-8-14-6-9-15(18)10-7-14/h1,3-7,9-10,12H,8,11H2,(H,19,20). The van der Waals surface area contributed by atoms with Gasteiger partial charge in [-0.15, -0.1) is 6.42 Å². The number of hydrogen-bond donors (Lipinski definition) is 1. The number of carbonyl (C=O) groups excluding carboxylic acids is 1. The maximum absolute atomic E-state index is 12.7. The van der Waals surface area contributed by atoms with E-state index in [1.165, 1.54) is 12.1 Å². The van der Waals surface area contributed by atoms with Crippen molar-refractivity contribution in [1.82, 2.24) is 0 Å². The van der Waals surface area contributed by atoms with Crippen molar-refractivity contribution in [3.05, 3.63) is 65.5 Å². The maximum Gasteiger partial charge on any atom is 0.224 e. The average Bonchev–Trinajstić information content (AvgIpc) is 2.47. The number of anilines is 1. The number of aryl methyl sites for hydroxylation is 1. The van der Waals surface area contributed by atoms with Crippen LogP contribution in [0.5, 0.6) is 0 Å². The molecule has 0 fully saturated rings. The van der Waals surface area contributed by atoms with Gasteiger partial charge in [0.05, 0.1) is 0 Å². The van der Waals surface area contributed by atoms with Gasteiger partial charge in [-0.25, -0.2) is 4.39 Å². The predicted molar refractivity (Wildman–Crippen MR) is 77.7 cm³/mol. The molecular weight excluding hydrogens is 253 g/mol. The number of terminal acetylenes is 1. The number of benzene rings is 2. The van der Waals surface area contributed by atoms with Crippen molar-refractivity contribution in [2.75, 3.05) is 5.32 Å². The second kappa shape index (κ2) is 6.53. The number of carbonyl (C=O) groups is 1. The van der Waals surface area contributed by atoms with Crippen molar-refractivity contribution in [2.45, 2.75) is 12.8 Å². The summed E-state index contributed by atoms with van der Waals surface area (Å²) in [5, 5.41) is 2.79. The Hall–Kier alpha value is -2.60. The maximum atomic E-state index is 12.7. The van der Waals surface area contributed by atoms with E-state index in [1.54, 1.807) is 36.4 Å². The van der Waals surface area contributed by atoms with Crippen LogP contribution in [0.4, 0.5) is 10.1 Å². The minimum Gasteiger partial charge on any atom is -0.326 e. The third-order valence-corrected chi connectivity index (χ3v) is 2.87. The smallest absolute Gasteiger partial charge is 0.224 e. The van der Waals surface area contributed by atoms with E-state index in [4.69, 9.17) is 6.42 Å². The Morgan fingerprint density at radius 1 is 1.20 bits per heavy atom. The monoisotopic (exact) mass is 267 g/mol. The molecule has 1 N–H and O–H groups in total. The van der Waals surface area contributed by atoms with Gasteiger partial charge in [0.15, 0.2) is 0 Å². The van der Waals surface area contributed by atoms with Crippen LogP contribution in [0, 0.1) is 18.2 Å². The molecular formula is C17H14FNO. The Labute approximate surface area is 117 Å². The average molecular weight is 267 g/mol. The first-order valence-electron chi connectivity index (χ1n) is 6.28. The molecule has 1 amide bonds. The van der Waals surface area contributed by atoms with E-state index in [0.717, 1.165) is 11.1 Å². The molecule has 0 aromatic heterocycles. The molecule has 20 heavy (non-hydrogen) atoms. The summed E-state index contributed by atoms with van der Waals surface area (Å²) in [6, 6.07) is 13.3. The lowest BCUT2D eigenvalue weighted by Gasteiger charge is -2.06. The molecule has 0 saturated carbocycles. The lowest BCUT2D eigenvalue weighted by molar-refractivity contribution is -0.116. The lowest BCUT2D eigenvalue weighted by atomic mass is 10.1. The summed E-state index contributed by atoms with van der Waals surface area (Å²) in [6.45, 7) is 0. The van der Waals surface area contributed by atoms with Crippen LogP contribution in [0.2, 0.25) is 0 Å². The van der Waals surface area contributed by atoms with Gasteiger partial charge in [-0.1, -0.05) is 24.1 Å². The first-order chi connectivity index (χ1) is 9.67. The van der Waals surface area contributed by atoms with Crippen molar-refractivity contribution in [1.29, 1.82) is 0 Å². The largest absolute Gasteiger partial charge is 0.326 e. The zero-order chi connectivity index (χ0) is 14.4. The Balaban J connectivity index is 1.89. The van der Waals surface area contributed by atoms with Gasteiger partial charge in [0.1, 0.15) is 5.82 Å². The van der Waals surface area contributed by atoms with Gasteiger partial charge in [0.25, 0.3) is 0 Å². The zero-order valence-corrected chi connectivity index (χ0v) is 10.9. The lowest BCUT2D eigenvalue weighted by Crippen LogP contribution is -2.12. The first-order valence-corrected chi connectivity index (χ1v) is 6.28. The fourth-order valence-corrected chi connectivity index (χ4v) is 1.82. The molecule has 0 aliphatic carbocycles. The molecule has 0 unspecified atom stereocenters. The first kappa shape index (κ1) is 13.8. The molecule has 0 heterocycles. The van der Waals surface area contributed by atoms with E-state index in [9.17, 15) is 9.18 Å². The molecule has 0 aliphatic heterocycles. The number of nitrogens with one attached hydrogen (secondary N) is 1. The van der Waals surface area contributed by atoms with Crippen molar-refractivity contribution in [2.24, 2.45) is 0 Å². The summed E-state index contributed by atoms with van der Waals surface area (Å²) in [7, 11) is 0. The predicted octanol–water partition coefficient (Wildman–Crippen LogP) is 3.38. The van der Waals surface area contributed by atoms with Crippen molar-refractivity contribution in [3.8, 4) is 12.3 Å². The van der Waals surface area contributed by atoms with Gasteiger partial charge in [-0.2, -0.15) is 0 Å². The topological polar surface area (TPSA) is 29.1 Å². The number of amides is 1. The third-order valence-electron chi connectivity index (χ3n) is 2.87. The van der Waals surface area contributed by atoms with E-state index >= 15 is 0 Å². The van der Waals surface area contributed by atoms with Gasteiger partial charge < -0.3 is 5.32 Å². The van der Waals surface area contributed by atoms with Gasteiger partial charge >= 0.3 is 0 Å². The van der Waals surface area contributed by atoms with E-state index < -0.39 is 0 Å². The molecule has 0 atom stereocenters. The third kappa shape index (κ3) is 3.96. The minimum atomic E-state index is -0.274. The fraction of sp³-hybridized carbons (Fsp3) is 0.118. The normalized spacial score (nSPS) is 9.80. The number of halogens is 1. The molecule has 0 aliphatic rings. The molecule has 2 aromatic carbocycles. The summed E-state index contributed by atoms with van der Waals surface area (Å²) in [6.07, 6.45) is 6.21. The fourth-order valence-electron chi connectivity index (χ4n) is 1.82. The van der Waals surface area contributed by atoms with Gasteiger partial charge in [-0.3, -0.25) is 4.79 Å². The highest BCUT2D eigenvalue weighted by Gasteiger charge is 2.04. The van der Waals surface area contributed by atoms with E-state index in [0.29, 0.717) is 18.5 Å². The molecule has 0 spiro atoms. The molecule has 2 aromatic rings. The number of hydrogen-bond acceptors (Lipinski definition) is 1. The van der Waals surface area contributed by atoms with Crippen LogP contribution in [0.1, 0.15) is 17.5 Å². The van der Waals surface area contributed by atoms with Gasteiger partial charge in [0.2, 0.25) is 5.91 Å². The minimum absolute atomic E-state index is 0.0940. The van der Waals surface area contributed by atoms with E-state index in [2.05, 4.69) is 11.2 Å². The van der Waals surface area contributed by atoms with Gasteiger partial charge in [-0.05, 0) is 42.3 Å². The van der Waals surface area contributed by atoms with Gasteiger partial charge in [0, 0.05) is 17.7 Å². The Morgan fingerprint density at radius 2 is 1.95 bits per heavy atom. The van der Waals surface area contributed by atoms with Crippen LogP contribution in [-0.4, -0.2) is 5.91 Å². The summed E-state index contributed by atoms with van der Waals surface area (Å²) >= 11 is 0. The van der Waals surface area contributed by atoms with Crippen LogP contribution in [0.15, 0.2) is 48.5 Å².